The van der Waals surface area contributed by atoms with E-state index < -0.39 is 5.60 Å². The molecule has 5 heteroatoms. The quantitative estimate of drug-likeness (QED) is 0.837. The van der Waals surface area contributed by atoms with E-state index in [1.54, 1.807) is 17.1 Å². The van der Waals surface area contributed by atoms with Crippen LogP contribution >= 0.6 is 0 Å². The highest BCUT2D eigenvalue weighted by Crippen LogP contribution is 2.83. The monoisotopic (exact) mass is 397 g/mol. The summed E-state index contributed by atoms with van der Waals surface area (Å²) in [6.45, 7) is 4.88. The molecule has 5 aliphatic carbocycles. The molecule has 0 radical (unpaired) electrons. The molecule has 5 nitrogen and oxygen atoms in total. The first-order valence-electron chi connectivity index (χ1n) is 11.9. The van der Waals surface area contributed by atoms with Crippen LogP contribution in [0.2, 0.25) is 0 Å². The van der Waals surface area contributed by atoms with Gasteiger partial charge in [0.15, 0.2) is 5.78 Å². The number of fused-ring (bicyclic) bond motifs is 3. The Balaban J connectivity index is 1.23. The molecular formula is C24H35N3O2. The van der Waals surface area contributed by atoms with Gasteiger partial charge in [0.25, 0.3) is 0 Å². The molecule has 0 aliphatic heterocycles. The summed E-state index contributed by atoms with van der Waals surface area (Å²) in [4.78, 5) is 13.2. The molecule has 6 rings (SSSR count). The van der Waals surface area contributed by atoms with E-state index in [1.165, 1.54) is 44.9 Å². The van der Waals surface area contributed by atoms with Crippen molar-refractivity contribution in [2.45, 2.75) is 90.2 Å². The number of hydrogen-bond donors (Lipinski definition) is 1. The number of hydrogen-bond acceptors (Lipinski definition) is 4. The third-order valence-corrected chi connectivity index (χ3v) is 10.7. The predicted octanol–water partition coefficient (Wildman–Crippen LogP) is 4.01. The van der Waals surface area contributed by atoms with Crippen LogP contribution in [0.1, 0.15) is 78.1 Å². The van der Waals surface area contributed by atoms with Crippen molar-refractivity contribution in [3.63, 3.8) is 0 Å². The van der Waals surface area contributed by atoms with E-state index in [4.69, 9.17) is 0 Å². The zero-order chi connectivity index (χ0) is 20.1. The molecule has 5 saturated carbocycles. The van der Waals surface area contributed by atoms with Gasteiger partial charge in [-0.15, -0.1) is 5.10 Å². The van der Waals surface area contributed by atoms with Gasteiger partial charge in [0.2, 0.25) is 0 Å². The molecule has 0 spiro atoms. The van der Waals surface area contributed by atoms with Crippen LogP contribution in [-0.4, -0.2) is 31.5 Å². The number of nitrogens with zero attached hydrogens (tertiary/aromatic N) is 3. The molecule has 8 atom stereocenters. The van der Waals surface area contributed by atoms with Crippen molar-refractivity contribution in [1.29, 1.82) is 0 Å². The molecule has 1 heterocycles. The number of ketones is 1. The van der Waals surface area contributed by atoms with Gasteiger partial charge in [-0.05, 0) is 105 Å². The highest BCUT2D eigenvalue weighted by molar-refractivity contribution is 5.82. The fourth-order valence-electron chi connectivity index (χ4n) is 9.53. The minimum Gasteiger partial charge on any atom is -0.390 e. The van der Waals surface area contributed by atoms with E-state index in [9.17, 15) is 9.90 Å². The van der Waals surface area contributed by atoms with Gasteiger partial charge in [-0.3, -0.25) is 4.79 Å². The number of carbonyl (C=O) groups excluding carboxylic acids is 1. The Kier molecular flexibility index (Phi) is 3.65. The normalized spacial score (nSPS) is 52.8. The Labute approximate surface area is 173 Å². The fourth-order valence-corrected chi connectivity index (χ4v) is 9.53. The first-order chi connectivity index (χ1) is 13.8. The first kappa shape index (κ1) is 18.5. The van der Waals surface area contributed by atoms with Crippen LogP contribution in [0.3, 0.4) is 0 Å². The minimum absolute atomic E-state index is 0.171. The van der Waals surface area contributed by atoms with Crippen LogP contribution in [0.5, 0.6) is 0 Å². The summed E-state index contributed by atoms with van der Waals surface area (Å²) in [6.07, 6.45) is 15.5. The lowest BCUT2D eigenvalue weighted by atomic mass is 9.48. The van der Waals surface area contributed by atoms with Crippen LogP contribution < -0.4 is 0 Å². The molecule has 1 aromatic heterocycles. The smallest absolute Gasteiger partial charge is 0.157 e. The molecule has 29 heavy (non-hydrogen) atoms. The van der Waals surface area contributed by atoms with Crippen LogP contribution in [-0.2, 0) is 11.3 Å². The van der Waals surface area contributed by atoms with Gasteiger partial charge < -0.3 is 5.11 Å². The number of aliphatic hydroxyl groups is 1. The predicted molar refractivity (Wildman–Crippen MR) is 109 cm³/mol. The minimum atomic E-state index is -0.442. The Morgan fingerprint density at radius 3 is 2.72 bits per heavy atom. The molecular weight excluding hydrogens is 362 g/mol. The van der Waals surface area contributed by atoms with Gasteiger partial charge in [-0.2, -0.15) is 0 Å². The molecule has 1 aromatic rings. The highest BCUT2D eigenvalue weighted by Gasteiger charge is 2.76. The summed E-state index contributed by atoms with van der Waals surface area (Å²) in [5.74, 6) is 2.91. The Morgan fingerprint density at radius 2 is 1.93 bits per heavy atom. The van der Waals surface area contributed by atoms with Crippen molar-refractivity contribution < 1.29 is 9.90 Å². The van der Waals surface area contributed by atoms with Gasteiger partial charge in [-0.25, -0.2) is 4.68 Å². The molecule has 1 N–H and O–H groups in total. The molecule has 0 bridgehead atoms. The van der Waals surface area contributed by atoms with Crippen molar-refractivity contribution in [3.05, 3.63) is 12.4 Å². The van der Waals surface area contributed by atoms with Gasteiger partial charge in [0.05, 0.1) is 11.8 Å². The third-order valence-electron chi connectivity index (χ3n) is 10.7. The zero-order valence-corrected chi connectivity index (χ0v) is 17.9. The SMILES string of the molecule is C[C@@]1(O)CC[C@@]23C[C@@]2(CC[C@H]2[C@@H]4CC[C@H](C(=O)Cn5ccnn5)[C@@]4(C)CC[C@@H]23)C1. The first-order valence-corrected chi connectivity index (χ1v) is 11.9. The van der Waals surface area contributed by atoms with Crippen LogP contribution in [0.15, 0.2) is 12.4 Å². The van der Waals surface area contributed by atoms with E-state index >= 15 is 0 Å². The summed E-state index contributed by atoms with van der Waals surface area (Å²) < 4.78 is 1.69. The van der Waals surface area contributed by atoms with E-state index in [-0.39, 0.29) is 11.3 Å². The van der Waals surface area contributed by atoms with Crippen molar-refractivity contribution >= 4 is 5.78 Å². The summed E-state index contributed by atoms with van der Waals surface area (Å²) in [5.41, 5.74) is 0.708. The molecule has 0 amide bonds. The molecule has 0 aromatic carbocycles. The average molecular weight is 398 g/mol. The van der Waals surface area contributed by atoms with E-state index in [2.05, 4.69) is 24.2 Å². The number of rotatable bonds is 3. The third kappa shape index (κ3) is 2.40. The van der Waals surface area contributed by atoms with E-state index in [0.717, 1.165) is 31.1 Å². The average Bonchev–Trinajstić information content (AvgIpc) is 2.94. The second-order valence-corrected chi connectivity index (χ2v) is 11.9. The molecule has 0 unspecified atom stereocenters. The number of aromatic nitrogens is 3. The summed E-state index contributed by atoms with van der Waals surface area (Å²) in [5, 5.41) is 18.6. The maximum Gasteiger partial charge on any atom is 0.157 e. The lowest BCUT2D eigenvalue weighted by Crippen LogP contribution is -2.51. The highest BCUT2D eigenvalue weighted by atomic mass is 16.3. The van der Waals surface area contributed by atoms with Crippen LogP contribution in [0, 0.1) is 39.9 Å². The van der Waals surface area contributed by atoms with Gasteiger partial charge >= 0.3 is 0 Å². The molecule has 158 valence electrons. The van der Waals surface area contributed by atoms with Crippen molar-refractivity contribution in [2.24, 2.45) is 39.9 Å². The standard InChI is InChI=1S/C24H35N3O2/c1-21(29)9-10-24-15-23(24,14-21)8-5-16-17-3-4-19(22(17,2)7-6-18(16)24)20(28)13-27-12-11-25-26-27/h11-12,16-19,29H,3-10,13-15H2,1-2H3/t16-,17-,18-,19+,21+,22-,23+,24-/m0/s1. The second-order valence-electron chi connectivity index (χ2n) is 11.9. The summed E-state index contributed by atoms with van der Waals surface area (Å²) in [6, 6.07) is 0. The topological polar surface area (TPSA) is 68.0 Å². The maximum atomic E-state index is 13.2. The zero-order valence-electron chi connectivity index (χ0n) is 17.9. The maximum absolute atomic E-state index is 13.2. The van der Waals surface area contributed by atoms with Gasteiger partial charge in [0.1, 0.15) is 6.54 Å². The van der Waals surface area contributed by atoms with Gasteiger partial charge in [0, 0.05) is 12.1 Å². The molecule has 0 saturated heterocycles. The number of Topliss-reactive ketones (excluding diaryl/α,β-unsaturated/α-hetero) is 1. The fraction of sp³-hybridized carbons (Fsp3) is 0.875. The van der Waals surface area contributed by atoms with Crippen molar-refractivity contribution in [3.8, 4) is 0 Å². The second kappa shape index (κ2) is 5.72. The van der Waals surface area contributed by atoms with Crippen molar-refractivity contribution in [2.75, 3.05) is 0 Å². The number of carbonyl (C=O) groups is 1. The summed E-state index contributed by atoms with van der Waals surface area (Å²) >= 11 is 0. The van der Waals surface area contributed by atoms with Gasteiger partial charge in [-0.1, -0.05) is 12.1 Å². The van der Waals surface area contributed by atoms with Crippen molar-refractivity contribution in [1.82, 2.24) is 15.0 Å². The van der Waals surface area contributed by atoms with Crippen LogP contribution in [0.4, 0.5) is 0 Å². The molecule has 5 fully saturated rings. The van der Waals surface area contributed by atoms with Crippen LogP contribution in [0.25, 0.3) is 0 Å². The Morgan fingerprint density at radius 1 is 1.07 bits per heavy atom. The van der Waals surface area contributed by atoms with E-state index in [0.29, 0.717) is 29.1 Å². The lowest BCUT2D eigenvalue weighted by molar-refractivity contribution is -0.133. The summed E-state index contributed by atoms with van der Waals surface area (Å²) in [7, 11) is 0. The Hall–Kier alpha value is -1.23. The Bertz CT molecular complexity index is 835. The largest absolute Gasteiger partial charge is 0.390 e. The molecule has 5 aliphatic rings. The van der Waals surface area contributed by atoms with E-state index in [1.807, 2.05) is 0 Å². The lowest BCUT2D eigenvalue weighted by Gasteiger charge is -2.56.